The zero-order valence-corrected chi connectivity index (χ0v) is 17.9. The zero-order valence-electron chi connectivity index (χ0n) is 17.9. The molecule has 0 spiro atoms. The van der Waals surface area contributed by atoms with Gasteiger partial charge < -0.3 is 15.4 Å². The number of benzene rings is 2. The fourth-order valence-electron chi connectivity index (χ4n) is 4.50. The van der Waals surface area contributed by atoms with E-state index >= 15 is 0 Å². The number of amides is 1. The van der Waals surface area contributed by atoms with Gasteiger partial charge in [0.15, 0.2) is 0 Å². The standard InChI is InChI=1S/C26H34N2O2/c29-26(25-7-4-18-27-25)28-23-14-10-20(11-15-23)8-9-21-12-16-24(17-13-21)30-19-22-5-2-1-3-6-22/h10-17,22,25,27H,1-9,18-19H2,(H,28,29). The average molecular weight is 407 g/mol. The zero-order chi connectivity index (χ0) is 20.6. The van der Waals surface area contributed by atoms with E-state index in [-0.39, 0.29) is 11.9 Å². The second-order valence-electron chi connectivity index (χ2n) is 8.79. The Hall–Kier alpha value is -2.33. The summed E-state index contributed by atoms with van der Waals surface area (Å²) < 4.78 is 6.01. The smallest absolute Gasteiger partial charge is 0.241 e. The Kier molecular flexibility index (Phi) is 7.41. The lowest BCUT2D eigenvalue weighted by atomic mass is 9.90. The molecule has 2 aromatic rings. The number of carbonyl (C=O) groups excluding carboxylic acids is 1. The van der Waals surface area contributed by atoms with Crippen molar-refractivity contribution in [1.29, 1.82) is 0 Å². The molecule has 1 unspecified atom stereocenters. The van der Waals surface area contributed by atoms with Gasteiger partial charge in [-0.2, -0.15) is 0 Å². The van der Waals surface area contributed by atoms with Crippen LogP contribution < -0.4 is 15.4 Å². The molecule has 1 aliphatic carbocycles. The van der Waals surface area contributed by atoms with Crippen molar-refractivity contribution in [1.82, 2.24) is 5.32 Å². The summed E-state index contributed by atoms with van der Waals surface area (Å²) >= 11 is 0. The van der Waals surface area contributed by atoms with Gasteiger partial charge in [0.05, 0.1) is 12.6 Å². The monoisotopic (exact) mass is 406 g/mol. The SMILES string of the molecule is O=C(Nc1ccc(CCc2ccc(OCC3CCCCC3)cc2)cc1)C1CCCN1. The fourth-order valence-corrected chi connectivity index (χ4v) is 4.50. The van der Waals surface area contributed by atoms with Gasteiger partial charge in [-0.1, -0.05) is 43.5 Å². The maximum atomic E-state index is 12.2. The minimum absolute atomic E-state index is 0.0423. The van der Waals surface area contributed by atoms with Crippen LogP contribution in [0, 0.1) is 5.92 Å². The van der Waals surface area contributed by atoms with Crippen LogP contribution in [-0.4, -0.2) is 25.1 Å². The van der Waals surface area contributed by atoms with E-state index in [0.717, 1.165) is 56.2 Å². The maximum absolute atomic E-state index is 12.2. The Morgan fingerprint density at radius 3 is 2.17 bits per heavy atom. The molecule has 2 aliphatic rings. The van der Waals surface area contributed by atoms with Crippen LogP contribution in [0.4, 0.5) is 5.69 Å². The number of aryl methyl sites for hydroxylation is 2. The maximum Gasteiger partial charge on any atom is 0.241 e. The minimum atomic E-state index is -0.0423. The van der Waals surface area contributed by atoms with Gasteiger partial charge >= 0.3 is 0 Å². The number of ether oxygens (including phenoxy) is 1. The topological polar surface area (TPSA) is 50.4 Å². The van der Waals surface area contributed by atoms with Crippen molar-refractivity contribution in [2.24, 2.45) is 5.92 Å². The van der Waals surface area contributed by atoms with Crippen molar-refractivity contribution in [3.8, 4) is 5.75 Å². The molecule has 1 heterocycles. The number of rotatable bonds is 8. The number of hydrogen-bond donors (Lipinski definition) is 2. The highest BCUT2D eigenvalue weighted by molar-refractivity contribution is 5.95. The Bertz CT molecular complexity index is 789. The molecule has 1 amide bonds. The minimum Gasteiger partial charge on any atom is -0.493 e. The highest BCUT2D eigenvalue weighted by atomic mass is 16.5. The molecule has 1 saturated heterocycles. The van der Waals surface area contributed by atoms with E-state index in [0.29, 0.717) is 0 Å². The van der Waals surface area contributed by atoms with E-state index in [1.54, 1.807) is 0 Å². The molecule has 1 saturated carbocycles. The second-order valence-corrected chi connectivity index (χ2v) is 8.79. The van der Waals surface area contributed by atoms with Crippen LogP contribution in [0.2, 0.25) is 0 Å². The van der Waals surface area contributed by atoms with Gasteiger partial charge in [-0.25, -0.2) is 0 Å². The van der Waals surface area contributed by atoms with E-state index in [1.807, 2.05) is 12.1 Å². The largest absolute Gasteiger partial charge is 0.493 e. The van der Waals surface area contributed by atoms with Gasteiger partial charge in [-0.05, 0) is 86.4 Å². The summed E-state index contributed by atoms with van der Waals surface area (Å²) in [5, 5.41) is 6.25. The molecule has 0 aromatic heterocycles. The summed E-state index contributed by atoms with van der Waals surface area (Å²) in [5.74, 6) is 1.80. The number of nitrogens with one attached hydrogen (secondary N) is 2. The van der Waals surface area contributed by atoms with Gasteiger partial charge in [-0.15, -0.1) is 0 Å². The molecule has 0 bridgehead atoms. The molecular weight excluding hydrogens is 372 g/mol. The van der Waals surface area contributed by atoms with E-state index in [9.17, 15) is 4.79 Å². The number of carbonyl (C=O) groups is 1. The Balaban J connectivity index is 1.20. The predicted molar refractivity (Wildman–Crippen MR) is 122 cm³/mol. The molecule has 4 rings (SSSR count). The highest BCUT2D eigenvalue weighted by Gasteiger charge is 2.21. The van der Waals surface area contributed by atoms with Crippen molar-refractivity contribution >= 4 is 11.6 Å². The molecule has 4 nitrogen and oxygen atoms in total. The summed E-state index contributed by atoms with van der Waals surface area (Å²) in [5.41, 5.74) is 3.48. The molecule has 30 heavy (non-hydrogen) atoms. The molecule has 1 aliphatic heterocycles. The summed E-state index contributed by atoms with van der Waals surface area (Å²) in [6.45, 7) is 1.80. The van der Waals surface area contributed by atoms with Crippen molar-refractivity contribution in [2.45, 2.75) is 63.8 Å². The Morgan fingerprint density at radius 1 is 0.867 bits per heavy atom. The first kappa shape index (κ1) is 20.9. The lowest BCUT2D eigenvalue weighted by molar-refractivity contribution is -0.117. The average Bonchev–Trinajstić information content (AvgIpc) is 3.34. The van der Waals surface area contributed by atoms with Crippen LogP contribution in [0.1, 0.15) is 56.1 Å². The first-order chi connectivity index (χ1) is 14.8. The van der Waals surface area contributed by atoms with E-state index < -0.39 is 0 Å². The van der Waals surface area contributed by atoms with Crippen LogP contribution in [0.3, 0.4) is 0 Å². The van der Waals surface area contributed by atoms with Gasteiger partial charge in [0, 0.05) is 5.69 Å². The van der Waals surface area contributed by atoms with Crippen molar-refractivity contribution in [2.75, 3.05) is 18.5 Å². The number of hydrogen-bond acceptors (Lipinski definition) is 3. The third-order valence-corrected chi connectivity index (χ3v) is 6.43. The molecule has 4 heteroatoms. The highest BCUT2D eigenvalue weighted by Crippen LogP contribution is 2.25. The van der Waals surface area contributed by atoms with Gasteiger partial charge in [0.25, 0.3) is 0 Å². The third-order valence-electron chi connectivity index (χ3n) is 6.43. The molecule has 2 N–H and O–H groups in total. The van der Waals surface area contributed by atoms with E-state index in [1.165, 1.54) is 43.2 Å². The quantitative estimate of drug-likeness (QED) is 0.640. The lowest BCUT2D eigenvalue weighted by Gasteiger charge is -2.21. The molecule has 1 atom stereocenters. The van der Waals surface area contributed by atoms with Gasteiger partial charge in [0.1, 0.15) is 5.75 Å². The van der Waals surface area contributed by atoms with Crippen molar-refractivity contribution < 1.29 is 9.53 Å². The summed E-state index contributed by atoms with van der Waals surface area (Å²) in [4.78, 5) is 12.2. The molecule has 160 valence electrons. The Morgan fingerprint density at radius 2 is 1.53 bits per heavy atom. The third kappa shape index (κ3) is 6.09. The lowest BCUT2D eigenvalue weighted by Crippen LogP contribution is -2.35. The molecule has 0 radical (unpaired) electrons. The van der Waals surface area contributed by atoms with Crippen LogP contribution in [0.25, 0.3) is 0 Å². The Labute approximate surface area is 180 Å². The van der Waals surface area contributed by atoms with Crippen LogP contribution >= 0.6 is 0 Å². The molecular formula is C26H34N2O2. The van der Waals surface area contributed by atoms with Crippen LogP contribution in [0.15, 0.2) is 48.5 Å². The van der Waals surface area contributed by atoms with E-state index in [4.69, 9.17) is 4.74 Å². The summed E-state index contributed by atoms with van der Waals surface area (Å²) in [6.07, 6.45) is 10.7. The molecule has 2 aromatic carbocycles. The molecule has 2 fully saturated rings. The predicted octanol–water partition coefficient (Wildman–Crippen LogP) is 5.12. The number of anilines is 1. The summed E-state index contributed by atoms with van der Waals surface area (Å²) in [7, 11) is 0. The first-order valence-electron chi connectivity index (χ1n) is 11.6. The normalized spacial score (nSPS) is 19.5. The second kappa shape index (κ2) is 10.6. The fraction of sp³-hybridized carbons (Fsp3) is 0.500. The van der Waals surface area contributed by atoms with Gasteiger partial charge in [-0.3, -0.25) is 4.79 Å². The van der Waals surface area contributed by atoms with Crippen molar-refractivity contribution in [3.05, 3.63) is 59.7 Å². The van der Waals surface area contributed by atoms with Crippen molar-refractivity contribution in [3.63, 3.8) is 0 Å². The van der Waals surface area contributed by atoms with E-state index in [2.05, 4.69) is 47.0 Å². The van der Waals surface area contributed by atoms with Gasteiger partial charge in [0.2, 0.25) is 5.91 Å². The summed E-state index contributed by atoms with van der Waals surface area (Å²) in [6, 6.07) is 16.8. The first-order valence-corrected chi connectivity index (χ1v) is 11.6. The van der Waals surface area contributed by atoms with Crippen LogP contribution in [0.5, 0.6) is 5.75 Å². The van der Waals surface area contributed by atoms with Crippen LogP contribution in [-0.2, 0) is 17.6 Å².